The highest BCUT2D eigenvalue weighted by Gasteiger charge is 2.20. The second-order valence-electron chi connectivity index (χ2n) is 4.94. The number of aliphatic hydroxyl groups is 1. The van der Waals surface area contributed by atoms with Gasteiger partial charge in [-0.15, -0.1) is 0 Å². The average Bonchev–Trinajstić information content (AvgIpc) is 2.38. The van der Waals surface area contributed by atoms with Crippen molar-refractivity contribution in [3.8, 4) is 0 Å². The Bertz CT molecular complexity index is 381. The van der Waals surface area contributed by atoms with E-state index in [0.717, 1.165) is 29.0 Å². The molecule has 3 atom stereocenters. The van der Waals surface area contributed by atoms with Crippen molar-refractivity contribution >= 4 is 11.6 Å². The smallest absolute Gasteiger partial charge is 0.0943 e. The molecule has 1 rings (SSSR count). The van der Waals surface area contributed by atoms with Crippen LogP contribution in [0.15, 0.2) is 18.2 Å². The largest absolute Gasteiger partial charge is 0.387 e. The summed E-state index contributed by atoms with van der Waals surface area (Å²) in [6.45, 7) is 8.33. The maximum Gasteiger partial charge on any atom is 0.0943 e. The van der Waals surface area contributed by atoms with Crippen molar-refractivity contribution in [1.29, 1.82) is 0 Å². The first-order valence-electron chi connectivity index (χ1n) is 6.69. The number of hydrogen-bond donors (Lipinski definition) is 2. The molecule has 102 valence electrons. The molecule has 0 aromatic heterocycles. The van der Waals surface area contributed by atoms with E-state index in [1.807, 2.05) is 25.1 Å². The van der Waals surface area contributed by atoms with Gasteiger partial charge in [0.15, 0.2) is 0 Å². The zero-order valence-electron chi connectivity index (χ0n) is 11.7. The van der Waals surface area contributed by atoms with Gasteiger partial charge < -0.3 is 10.4 Å². The minimum Gasteiger partial charge on any atom is -0.387 e. The van der Waals surface area contributed by atoms with E-state index in [4.69, 9.17) is 11.6 Å². The van der Waals surface area contributed by atoms with Crippen molar-refractivity contribution in [2.75, 3.05) is 0 Å². The van der Waals surface area contributed by atoms with Crippen molar-refractivity contribution in [1.82, 2.24) is 5.32 Å². The number of rotatable bonds is 6. The summed E-state index contributed by atoms with van der Waals surface area (Å²) in [6.07, 6.45) is 1.47. The van der Waals surface area contributed by atoms with Crippen molar-refractivity contribution < 1.29 is 5.11 Å². The molecule has 0 amide bonds. The first kappa shape index (κ1) is 15.5. The normalized spacial score (nSPS) is 16.3. The van der Waals surface area contributed by atoms with Crippen LogP contribution in [0.5, 0.6) is 0 Å². The number of hydrogen-bond acceptors (Lipinski definition) is 2. The molecule has 0 fully saturated rings. The molecule has 0 heterocycles. The Kier molecular flexibility index (Phi) is 6.13. The molecule has 18 heavy (non-hydrogen) atoms. The van der Waals surface area contributed by atoms with Crippen LogP contribution >= 0.6 is 11.6 Å². The number of halogens is 1. The first-order chi connectivity index (χ1) is 8.49. The summed E-state index contributed by atoms with van der Waals surface area (Å²) in [7, 11) is 0. The minimum absolute atomic E-state index is 0.0838. The van der Waals surface area contributed by atoms with E-state index in [0.29, 0.717) is 6.04 Å². The predicted octanol–water partition coefficient (Wildman–Crippen LogP) is 3.85. The molecule has 2 N–H and O–H groups in total. The Labute approximate surface area is 115 Å². The summed E-state index contributed by atoms with van der Waals surface area (Å²) < 4.78 is 0. The fraction of sp³-hybridized carbons (Fsp3) is 0.600. The number of nitrogens with one attached hydrogen (secondary N) is 1. The molecule has 0 saturated carbocycles. The van der Waals surface area contributed by atoms with E-state index >= 15 is 0 Å². The molecule has 1 aromatic carbocycles. The van der Waals surface area contributed by atoms with Gasteiger partial charge in [0, 0.05) is 17.1 Å². The lowest BCUT2D eigenvalue weighted by molar-refractivity contribution is 0.120. The molecule has 3 heteroatoms. The van der Waals surface area contributed by atoms with Crippen LogP contribution < -0.4 is 5.32 Å². The Morgan fingerprint density at radius 3 is 2.44 bits per heavy atom. The highest BCUT2D eigenvalue weighted by atomic mass is 35.5. The van der Waals surface area contributed by atoms with Crippen LogP contribution in [0.1, 0.15) is 50.8 Å². The standard InChI is InChI=1S/C15H24ClNO/c1-5-11(4)17-14(6-2)15(18)12-7-8-13(16)10(3)9-12/h7-9,11,14-15,17-18H,5-6H2,1-4H3. The van der Waals surface area contributed by atoms with Gasteiger partial charge in [-0.1, -0.05) is 37.6 Å². The van der Waals surface area contributed by atoms with Crippen LogP contribution in [0.4, 0.5) is 0 Å². The second kappa shape index (κ2) is 7.13. The molecule has 0 bridgehead atoms. The van der Waals surface area contributed by atoms with Gasteiger partial charge in [-0.2, -0.15) is 0 Å². The SMILES string of the molecule is CCC(C)NC(CC)C(O)c1ccc(Cl)c(C)c1. The fourth-order valence-electron chi connectivity index (χ4n) is 2.00. The first-order valence-corrected chi connectivity index (χ1v) is 7.07. The van der Waals surface area contributed by atoms with E-state index in [2.05, 4.69) is 26.1 Å². The van der Waals surface area contributed by atoms with Crippen LogP contribution in [0.3, 0.4) is 0 Å². The lowest BCUT2D eigenvalue weighted by Crippen LogP contribution is -2.40. The Morgan fingerprint density at radius 2 is 1.94 bits per heavy atom. The van der Waals surface area contributed by atoms with Crippen LogP contribution in [-0.4, -0.2) is 17.2 Å². The highest BCUT2D eigenvalue weighted by Crippen LogP contribution is 2.24. The summed E-state index contributed by atoms with van der Waals surface area (Å²) in [6, 6.07) is 6.22. The topological polar surface area (TPSA) is 32.3 Å². The third kappa shape index (κ3) is 3.98. The summed E-state index contributed by atoms with van der Waals surface area (Å²) in [5.74, 6) is 0. The Hall–Kier alpha value is -0.570. The summed E-state index contributed by atoms with van der Waals surface area (Å²) in [5.41, 5.74) is 1.94. The van der Waals surface area contributed by atoms with Crippen molar-refractivity contribution in [3.63, 3.8) is 0 Å². The number of benzene rings is 1. The van der Waals surface area contributed by atoms with Gasteiger partial charge in [0.2, 0.25) is 0 Å². The minimum atomic E-state index is -0.486. The highest BCUT2D eigenvalue weighted by molar-refractivity contribution is 6.31. The Balaban J connectivity index is 2.82. The van der Waals surface area contributed by atoms with E-state index in [9.17, 15) is 5.11 Å². The van der Waals surface area contributed by atoms with Gasteiger partial charge >= 0.3 is 0 Å². The molecule has 0 saturated heterocycles. The maximum absolute atomic E-state index is 10.4. The van der Waals surface area contributed by atoms with Crippen molar-refractivity contribution in [2.45, 2.75) is 58.7 Å². The van der Waals surface area contributed by atoms with E-state index in [1.165, 1.54) is 0 Å². The van der Waals surface area contributed by atoms with Crippen LogP contribution in [0.25, 0.3) is 0 Å². The molecule has 0 spiro atoms. The second-order valence-corrected chi connectivity index (χ2v) is 5.35. The molecular formula is C15H24ClNO. The number of aryl methyl sites for hydroxylation is 1. The van der Waals surface area contributed by atoms with Gasteiger partial charge in [0.1, 0.15) is 0 Å². The van der Waals surface area contributed by atoms with Gasteiger partial charge in [-0.25, -0.2) is 0 Å². The molecule has 3 unspecified atom stereocenters. The van der Waals surface area contributed by atoms with Gasteiger partial charge in [-0.3, -0.25) is 0 Å². The van der Waals surface area contributed by atoms with Crippen LogP contribution in [0, 0.1) is 6.92 Å². The van der Waals surface area contributed by atoms with Gasteiger partial charge in [0.25, 0.3) is 0 Å². The maximum atomic E-state index is 10.4. The molecule has 1 aromatic rings. The lowest BCUT2D eigenvalue weighted by atomic mass is 9.98. The Morgan fingerprint density at radius 1 is 1.28 bits per heavy atom. The monoisotopic (exact) mass is 269 g/mol. The molecular weight excluding hydrogens is 246 g/mol. The van der Waals surface area contributed by atoms with E-state index < -0.39 is 6.10 Å². The number of aliphatic hydroxyl groups excluding tert-OH is 1. The fourth-order valence-corrected chi connectivity index (χ4v) is 2.12. The quantitative estimate of drug-likeness (QED) is 0.822. The molecule has 0 aliphatic rings. The van der Waals surface area contributed by atoms with Crippen molar-refractivity contribution in [3.05, 3.63) is 34.3 Å². The molecule has 2 nitrogen and oxygen atoms in total. The van der Waals surface area contributed by atoms with Crippen molar-refractivity contribution in [2.24, 2.45) is 0 Å². The zero-order valence-corrected chi connectivity index (χ0v) is 12.5. The summed E-state index contributed by atoms with van der Waals surface area (Å²) >= 11 is 6.01. The summed E-state index contributed by atoms with van der Waals surface area (Å²) in [4.78, 5) is 0. The van der Waals surface area contributed by atoms with E-state index in [1.54, 1.807) is 0 Å². The average molecular weight is 270 g/mol. The molecule has 0 radical (unpaired) electrons. The zero-order chi connectivity index (χ0) is 13.7. The predicted molar refractivity (Wildman–Crippen MR) is 78.1 cm³/mol. The molecule has 0 aliphatic heterocycles. The van der Waals surface area contributed by atoms with Gasteiger partial charge in [-0.05, 0) is 43.9 Å². The summed E-state index contributed by atoms with van der Waals surface area (Å²) in [5, 5.41) is 14.6. The third-order valence-electron chi connectivity index (χ3n) is 3.46. The third-order valence-corrected chi connectivity index (χ3v) is 3.88. The molecule has 0 aliphatic carbocycles. The van der Waals surface area contributed by atoms with Gasteiger partial charge in [0.05, 0.1) is 6.10 Å². The van der Waals surface area contributed by atoms with Crippen LogP contribution in [0.2, 0.25) is 5.02 Å². The van der Waals surface area contributed by atoms with E-state index in [-0.39, 0.29) is 6.04 Å². The lowest BCUT2D eigenvalue weighted by Gasteiger charge is -2.26. The van der Waals surface area contributed by atoms with Crippen LogP contribution in [-0.2, 0) is 0 Å².